The number of carbonyl (C=O) groups is 1. The van der Waals surface area contributed by atoms with E-state index in [1.165, 1.54) is 12.1 Å². The lowest BCUT2D eigenvalue weighted by Crippen LogP contribution is -2.35. The lowest BCUT2D eigenvalue weighted by molar-refractivity contribution is -0.380. The van der Waals surface area contributed by atoms with E-state index in [1.54, 1.807) is 4.90 Å². The molecule has 1 aromatic heterocycles. The van der Waals surface area contributed by atoms with Crippen LogP contribution >= 0.6 is 22.9 Å². The fourth-order valence-corrected chi connectivity index (χ4v) is 3.24. The van der Waals surface area contributed by atoms with Crippen LogP contribution in [-0.2, 0) is 0 Å². The van der Waals surface area contributed by atoms with Gasteiger partial charge in [-0.25, -0.2) is 0 Å². The molecule has 110 valence electrons. The van der Waals surface area contributed by atoms with E-state index in [2.05, 4.69) is 4.90 Å². The summed E-state index contributed by atoms with van der Waals surface area (Å²) in [4.78, 5) is 26.9. The second-order valence-corrected chi connectivity index (χ2v) is 6.01. The lowest BCUT2D eigenvalue weighted by atomic mass is 10.3. The highest BCUT2D eigenvalue weighted by molar-refractivity contribution is 7.17. The molecule has 0 aromatic carbocycles. The number of hydrogen-bond donors (Lipinski definition) is 0. The average molecular weight is 318 g/mol. The van der Waals surface area contributed by atoms with Gasteiger partial charge in [-0.05, 0) is 19.0 Å². The fraction of sp³-hybridized carbons (Fsp3) is 0.583. The molecular formula is C12H16ClN3O3S. The fourth-order valence-electron chi connectivity index (χ4n) is 2.21. The van der Waals surface area contributed by atoms with Crippen LogP contribution in [-0.4, -0.2) is 59.2 Å². The molecule has 1 amide bonds. The van der Waals surface area contributed by atoms with Gasteiger partial charge in [-0.2, -0.15) is 0 Å². The van der Waals surface area contributed by atoms with E-state index in [-0.39, 0.29) is 10.9 Å². The monoisotopic (exact) mass is 317 g/mol. The summed E-state index contributed by atoms with van der Waals surface area (Å²) >= 11 is 6.67. The molecule has 0 atom stereocenters. The van der Waals surface area contributed by atoms with Crippen LogP contribution in [0.1, 0.15) is 16.1 Å². The Bertz CT molecular complexity index is 494. The maximum absolute atomic E-state index is 12.3. The molecule has 0 N–H and O–H groups in total. The summed E-state index contributed by atoms with van der Waals surface area (Å²) in [7, 11) is 0. The minimum atomic E-state index is -0.466. The lowest BCUT2D eigenvalue weighted by Gasteiger charge is -2.20. The van der Waals surface area contributed by atoms with E-state index in [0.29, 0.717) is 23.8 Å². The summed E-state index contributed by atoms with van der Waals surface area (Å²) in [5, 5.41) is 10.7. The standard InChI is InChI=1S/C12H16ClN3O3S/c13-4-7-14-5-1-6-15(9-8-14)12(17)10-2-3-11(20-10)16(18)19/h2-3H,1,4-9H2. The maximum atomic E-state index is 12.3. The van der Waals surface area contributed by atoms with Gasteiger partial charge in [0.1, 0.15) is 0 Å². The third-order valence-corrected chi connectivity index (χ3v) is 4.45. The van der Waals surface area contributed by atoms with E-state index in [1.807, 2.05) is 0 Å². The zero-order chi connectivity index (χ0) is 14.5. The molecule has 1 aromatic rings. The first-order valence-electron chi connectivity index (χ1n) is 6.43. The Kier molecular flexibility index (Phi) is 5.33. The molecule has 1 saturated heterocycles. The number of nitrogens with zero attached hydrogens (tertiary/aromatic N) is 3. The molecule has 2 heterocycles. The van der Waals surface area contributed by atoms with Crippen molar-refractivity contribution in [3.05, 3.63) is 27.1 Å². The second-order valence-electron chi connectivity index (χ2n) is 4.57. The van der Waals surface area contributed by atoms with Gasteiger partial charge in [0.2, 0.25) is 0 Å². The van der Waals surface area contributed by atoms with Crippen LogP contribution in [0.15, 0.2) is 12.1 Å². The smallest absolute Gasteiger partial charge is 0.324 e. The number of amides is 1. The summed E-state index contributed by atoms with van der Waals surface area (Å²) in [6.45, 7) is 3.88. The quantitative estimate of drug-likeness (QED) is 0.484. The van der Waals surface area contributed by atoms with Crippen LogP contribution in [0.3, 0.4) is 0 Å². The first kappa shape index (κ1) is 15.2. The van der Waals surface area contributed by atoms with Crippen molar-refractivity contribution in [3.8, 4) is 0 Å². The van der Waals surface area contributed by atoms with Crippen LogP contribution in [0.2, 0.25) is 0 Å². The van der Waals surface area contributed by atoms with Crippen molar-refractivity contribution in [1.29, 1.82) is 0 Å². The number of rotatable bonds is 4. The Hall–Kier alpha value is -1.18. The molecule has 1 aliphatic rings. The highest BCUT2D eigenvalue weighted by Crippen LogP contribution is 2.25. The summed E-state index contributed by atoms with van der Waals surface area (Å²) in [5.41, 5.74) is 0. The highest BCUT2D eigenvalue weighted by atomic mass is 35.5. The predicted molar refractivity (Wildman–Crippen MR) is 78.7 cm³/mol. The molecule has 0 spiro atoms. The van der Waals surface area contributed by atoms with Gasteiger partial charge in [0.25, 0.3) is 5.91 Å². The highest BCUT2D eigenvalue weighted by Gasteiger charge is 2.23. The Morgan fingerprint density at radius 1 is 1.35 bits per heavy atom. The van der Waals surface area contributed by atoms with Crippen LogP contribution in [0.25, 0.3) is 0 Å². The molecule has 1 fully saturated rings. The van der Waals surface area contributed by atoms with Gasteiger partial charge in [0, 0.05) is 38.1 Å². The molecule has 0 unspecified atom stereocenters. The zero-order valence-electron chi connectivity index (χ0n) is 11.0. The molecule has 0 saturated carbocycles. The van der Waals surface area contributed by atoms with E-state index < -0.39 is 4.92 Å². The third kappa shape index (κ3) is 3.68. The third-order valence-electron chi connectivity index (χ3n) is 3.26. The van der Waals surface area contributed by atoms with Crippen molar-refractivity contribution in [1.82, 2.24) is 9.80 Å². The summed E-state index contributed by atoms with van der Waals surface area (Å²) < 4.78 is 0. The van der Waals surface area contributed by atoms with Crippen LogP contribution in [0, 0.1) is 10.1 Å². The summed E-state index contributed by atoms with van der Waals surface area (Å²) in [6, 6.07) is 2.92. The van der Waals surface area contributed by atoms with Crippen molar-refractivity contribution in [2.75, 3.05) is 38.6 Å². The normalized spacial score (nSPS) is 16.9. The maximum Gasteiger partial charge on any atom is 0.324 e. The Balaban J connectivity index is 1.99. The van der Waals surface area contributed by atoms with E-state index in [9.17, 15) is 14.9 Å². The molecule has 0 aliphatic carbocycles. The van der Waals surface area contributed by atoms with Crippen molar-refractivity contribution in [3.63, 3.8) is 0 Å². The molecule has 1 aliphatic heterocycles. The van der Waals surface area contributed by atoms with Crippen molar-refractivity contribution < 1.29 is 9.72 Å². The first-order chi connectivity index (χ1) is 9.61. The van der Waals surface area contributed by atoms with Crippen LogP contribution in [0.5, 0.6) is 0 Å². The summed E-state index contributed by atoms with van der Waals surface area (Å²) in [6.07, 6.45) is 0.899. The van der Waals surface area contributed by atoms with Crippen molar-refractivity contribution in [2.24, 2.45) is 0 Å². The van der Waals surface area contributed by atoms with Gasteiger partial charge >= 0.3 is 5.00 Å². The SMILES string of the molecule is O=C(c1ccc([N+](=O)[O-])s1)N1CCCN(CCCl)CC1. The van der Waals surface area contributed by atoms with Crippen LogP contribution < -0.4 is 0 Å². The minimum absolute atomic E-state index is 0.00642. The van der Waals surface area contributed by atoms with Gasteiger partial charge in [0.15, 0.2) is 0 Å². The summed E-state index contributed by atoms with van der Waals surface area (Å²) in [5.74, 6) is 0.473. The van der Waals surface area contributed by atoms with E-state index in [0.717, 1.165) is 37.4 Å². The predicted octanol–water partition coefficient (Wildman–Crippen LogP) is 2.04. The molecule has 0 radical (unpaired) electrons. The number of carbonyl (C=O) groups excluding carboxylic acids is 1. The molecule has 20 heavy (non-hydrogen) atoms. The average Bonchev–Trinajstić information content (AvgIpc) is 2.80. The van der Waals surface area contributed by atoms with Gasteiger partial charge in [-0.15, -0.1) is 11.6 Å². The van der Waals surface area contributed by atoms with Crippen LogP contribution in [0.4, 0.5) is 5.00 Å². The first-order valence-corrected chi connectivity index (χ1v) is 7.78. The minimum Gasteiger partial charge on any atom is -0.337 e. The Morgan fingerprint density at radius 2 is 2.15 bits per heavy atom. The van der Waals surface area contributed by atoms with Crippen molar-refractivity contribution in [2.45, 2.75) is 6.42 Å². The number of nitro groups is 1. The van der Waals surface area contributed by atoms with Crippen molar-refractivity contribution >= 4 is 33.8 Å². The molecule has 6 nitrogen and oxygen atoms in total. The number of hydrogen-bond acceptors (Lipinski definition) is 5. The molecule has 0 bridgehead atoms. The topological polar surface area (TPSA) is 66.7 Å². The Morgan fingerprint density at radius 3 is 2.80 bits per heavy atom. The second kappa shape index (κ2) is 7.01. The van der Waals surface area contributed by atoms with Gasteiger partial charge in [-0.1, -0.05) is 11.3 Å². The Labute approximate surface area is 126 Å². The number of halogens is 1. The van der Waals surface area contributed by atoms with Gasteiger partial charge < -0.3 is 9.80 Å². The van der Waals surface area contributed by atoms with Gasteiger partial charge in [-0.3, -0.25) is 14.9 Å². The molecular weight excluding hydrogens is 302 g/mol. The van der Waals surface area contributed by atoms with E-state index in [4.69, 9.17) is 11.6 Å². The number of thiophene rings is 1. The van der Waals surface area contributed by atoms with Gasteiger partial charge in [0.05, 0.1) is 9.80 Å². The zero-order valence-corrected chi connectivity index (χ0v) is 12.5. The molecule has 2 rings (SSSR count). The molecule has 8 heteroatoms. The van der Waals surface area contributed by atoms with E-state index >= 15 is 0 Å². The number of alkyl halides is 1. The largest absolute Gasteiger partial charge is 0.337 e.